The Kier molecular flexibility index (Phi) is 4.59. The van der Waals surface area contributed by atoms with Crippen LogP contribution in [0.5, 0.6) is 0 Å². The summed E-state index contributed by atoms with van der Waals surface area (Å²) in [5.41, 5.74) is 0. The van der Waals surface area contributed by atoms with E-state index in [9.17, 15) is 9.59 Å². The summed E-state index contributed by atoms with van der Waals surface area (Å²) in [7, 11) is 0. The zero-order valence-corrected chi connectivity index (χ0v) is 12.4. The van der Waals surface area contributed by atoms with Gasteiger partial charge in [0, 0.05) is 17.1 Å². The van der Waals surface area contributed by atoms with Crippen molar-refractivity contribution < 1.29 is 14.7 Å². The van der Waals surface area contributed by atoms with Gasteiger partial charge in [-0.1, -0.05) is 0 Å². The lowest BCUT2D eigenvalue weighted by molar-refractivity contribution is -0.137. The predicted octanol–water partition coefficient (Wildman–Crippen LogP) is 2.07. The molecule has 1 aliphatic carbocycles. The Morgan fingerprint density at radius 3 is 2.70 bits per heavy atom. The lowest BCUT2D eigenvalue weighted by Gasteiger charge is -2.18. The summed E-state index contributed by atoms with van der Waals surface area (Å²) in [6.07, 6.45) is 3.72. The largest absolute Gasteiger partial charge is 0.481 e. The molecule has 1 fully saturated rings. The molecule has 3 N–H and O–H groups in total. The number of rotatable bonds is 6. The van der Waals surface area contributed by atoms with Gasteiger partial charge in [-0.15, -0.1) is 11.3 Å². The lowest BCUT2D eigenvalue weighted by Crippen LogP contribution is -2.44. The minimum Gasteiger partial charge on any atom is -0.481 e. The molecular weight excluding hydrogens is 278 g/mol. The van der Waals surface area contributed by atoms with Crippen molar-refractivity contribution in [2.24, 2.45) is 5.92 Å². The number of thiazole rings is 1. The standard InChI is InChI=1S/C13H19N3O3S/c1-7-6-14-12(20-7)8(2)15-13(19)16-10(5-11(17)18)9-3-4-9/h6,8-10H,3-5H2,1-2H3,(H,17,18)(H2,15,16,19). The van der Waals surface area contributed by atoms with E-state index in [-0.39, 0.29) is 24.5 Å². The Balaban J connectivity index is 1.85. The molecule has 1 aromatic heterocycles. The molecule has 1 aliphatic rings. The van der Waals surface area contributed by atoms with Crippen molar-refractivity contribution in [3.8, 4) is 0 Å². The molecule has 0 spiro atoms. The molecule has 0 radical (unpaired) electrons. The molecule has 1 saturated carbocycles. The summed E-state index contributed by atoms with van der Waals surface area (Å²) >= 11 is 1.54. The first-order valence-electron chi connectivity index (χ1n) is 6.67. The number of hydrogen-bond donors (Lipinski definition) is 3. The van der Waals surface area contributed by atoms with Crippen molar-refractivity contribution in [3.63, 3.8) is 0 Å². The molecule has 20 heavy (non-hydrogen) atoms. The minimum absolute atomic E-state index is 0.0250. The van der Waals surface area contributed by atoms with E-state index in [4.69, 9.17) is 5.11 Å². The number of hydrogen-bond acceptors (Lipinski definition) is 4. The lowest BCUT2D eigenvalue weighted by atomic mass is 10.1. The van der Waals surface area contributed by atoms with Crippen molar-refractivity contribution in [1.82, 2.24) is 15.6 Å². The zero-order valence-electron chi connectivity index (χ0n) is 11.5. The molecule has 0 aliphatic heterocycles. The SMILES string of the molecule is Cc1cnc(C(C)NC(=O)NC(CC(=O)O)C2CC2)s1. The molecule has 110 valence electrons. The maximum Gasteiger partial charge on any atom is 0.315 e. The van der Waals surface area contributed by atoms with E-state index in [0.717, 1.165) is 22.7 Å². The first-order valence-corrected chi connectivity index (χ1v) is 7.48. The first kappa shape index (κ1) is 14.8. The third kappa shape index (κ3) is 4.19. The van der Waals surface area contributed by atoms with Gasteiger partial charge in [-0.25, -0.2) is 9.78 Å². The van der Waals surface area contributed by atoms with E-state index >= 15 is 0 Å². The van der Waals surface area contributed by atoms with E-state index in [1.54, 1.807) is 6.20 Å². The van der Waals surface area contributed by atoms with Gasteiger partial charge in [0.15, 0.2) is 0 Å². The zero-order chi connectivity index (χ0) is 14.7. The van der Waals surface area contributed by atoms with Gasteiger partial charge < -0.3 is 15.7 Å². The fraction of sp³-hybridized carbons (Fsp3) is 0.615. The van der Waals surface area contributed by atoms with Crippen molar-refractivity contribution in [2.45, 2.75) is 45.2 Å². The van der Waals surface area contributed by atoms with Crippen LogP contribution in [-0.2, 0) is 4.79 Å². The number of aliphatic carboxylic acids is 1. The van der Waals surface area contributed by atoms with Crippen LogP contribution in [0.4, 0.5) is 4.79 Å². The monoisotopic (exact) mass is 297 g/mol. The van der Waals surface area contributed by atoms with E-state index in [0.29, 0.717) is 5.92 Å². The molecule has 0 saturated heterocycles. The topological polar surface area (TPSA) is 91.3 Å². The second-order valence-electron chi connectivity index (χ2n) is 5.19. The normalized spacial score (nSPS) is 17.3. The minimum atomic E-state index is -0.884. The third-order valence-electron chi connectivity index (χ3n) is 3.26. The number of aromatic nitrogens is 1. The van der Waals surface area contributed by atoms with Gasteiger partial charge in [-0.3, -0.25) is 4.79 Å². The smallest absolute Gasteiger partial charge is 0.315 e. The molecule has 2 atom stereocenters. The second kappa shape index (κ2) is 6.21. The van der Waals surface area contributed by atoms with Crippen LogP contribution in [-0.4, -0.2) is 28.1 Å². The number of nitrogens with zero attached hydrogens (tertiary/aromatic N) is 1. The fourth-order valence-electron chi connectivity index (χ4n) is 2.06. The Labute approximate surface area is 121 Å². The Morgan fingerprint density at radius 1 is 1.50 bits per heavy atom. The van der Waals surface area contributed by atoms with Crippen LogP contribution >= 0.6 is 11.3 Å². The number of carbonyl (C=O) groups excluding carboxylic acids is 1. The number of amides is 2. The highest BCUT2D eigenvalue weighted by molar-refractivity contribution is 7.11. The molecule has 0 bridgehead atoms. The average Bonchev–Trinajstić information content (AvgIpc) is 3.10. The molecule has 7 heteroatoms. The summed E-state index contributed by atoms with van der Waals surface area (Å²) < 4.78 is 0. The van der Waals surface area contributed by atoms with Crippen LogP contribution in [0.3, 0.4) is 0 Å². The molecule has 1 heterocycles. The third-order valence-corrected chi connectivity index (χ3v) is 4.35. The molecule has 1 aromatic rings. The maximum absolute atomic E-state index is 11.9. The van der Waals surface area contributed by atoms with Gasteiger partial charge in [0.05, 0.1) is 12.5 Å². The van der Waals surface area contributed by atoms with Crippen LogP contribution < -0.4 is 10.6 Å². The number of urea groups is 1. The van der Waals surface area contributed by atoms with Gasteiger partial charge >= 0.3 is 12.0 Å². The van der Waals surface area contributed by atoms with Crippen molar-refractivity contribution in [1.29, 1.82) is 0 Å². The Morgan fingerprint density at radius 2 is 2.20 bits per heavy atom. The van der Waals surface area contributed by atoms with E-state index in [1.807, 2.05) is 13.8 Å². The molecule has 2 rings (SSSR count). The van der Waals surface area contributed by atoms with Crippen LogP contribution in [0.2, 0.25) is 0 Å². The van der Waals surface area contributed by atoms with Gasteiger partial charge in [-0.05, 0) is 32.6 Å². The molecule has 2 unspecified atom stereocenters. The summed E-state index contributed by atoms with van der Waals surface area (Å²) in [4.78, 5) is 28.0. The highest BCUT2D eigenvalue weighted by Crippen LogP contribution is 2.34. The molecule has 6 nitrogen and oxygen atoms in total. The summed E-state index contributed by atoms with van der Waals surface area (Å²) in [6.45, 7) is 3.82. The maximum atomic E-state index is 11.9. The van der Waals surface area contributed by atoms with Crippen LogP contribution in [0.1, 0.15) is 42.1 Å². The number of carboxylic acids is 1. The first-order chi connectivity index (χ1) is 9.45. The number of aryl methyl sites for hydroxylation is 1. The van der Waals surface area contributed by atoms with Gasteiger partial charge in [-0.2, -0.15) is 0 Å². The van der Waals surface area contributed by atoms with Crippen LogP contribution in [0, 0.1) is 12.8 Å². The number of carbonyl (C=O) groups is 2. The van der Waals surface area contributed by atoms with Gasteiger partial charge in [0.1, 0.15) is 5.01 Å². The van der Waals surface area contributed by atoms with Gasteiger partial charge in [0.2, 0.25) is 0 Å². The second-order valence-corrected chi connectivity index (χ2v) is 6.46. The highest BCUT2D eigenvalue weighted by atomic mass is 32.1. The predicted molar refractivity (Wildman–Crippen MR) is 75.7 cm³/mol. The van der Waals surface area contributed by atoms with Crippen LogP contribution in [0.15, 0.2) is 6.20 Å². The van der Waals surface area contributed by atoms with Crippen molar-refractivity contribution in [3.05, 3.63) is 16.1 Å². The van der Waals surface area contributed by atoms with Crippen LogP contribution in [0.25, 0.3) is 0 Å². The fourth-order valence-corrected chi connectivity index (χ4v) is 2.84. The average molecular weight is 297 g/mol. The Bertz CT molecular complexity index is 499. The summed E-state index contributed by atoms with van der Waals surface area (Å²) in [5.74, 6) is -0.583. The summed E-state index contributed by atoms with van der Waals surface area (Å²) in [5, 5.41) is 15.3. The van der Waals surface area contributed by atoms with Crippen molar-refractivity contribution >= 4 is 23.3 Å². The Hall–Kier alpha value is -1.63. The number of nitrogens with one attached hydrogen (secondary N) is 2. The van der Waals surface area contributed by atoms with E-state index in [1.165, 1.54) is 11.3 Å². The van der Waals surface area contributed by atoms with E-state index < -0.39 is 5.97 Å². The quantitative estimate of drug-likeness (QED) is 0.749. The summed E-state index contributed by atoms with van der Waals surface area (Å²) in [6, 6.07) is -0.792. The number of carboxylic acid groups (broad SMARTS) is 1. The van der Waals surface area contributed by atoms with E-state index in [2.05, 4.69) is 15.6 Å². The highest BCUT2D eigenvalue weighted by Gasteiger charge is 2.33. The molecular formula is C13H19N3O3S. The van der Waals surface area contributed by atoms with Gasteiger partial charge in [0.25, 0.3) is 0 Å². The van der Waals surface area contributed by atoms with Crippen molar-refractivity contribution in [2.75, 3.05) is 0 Å². The molecule has 0 aromatic carbocycles. The molecule has 2 amide bonds.